The molecule has 3 nitrogen and oxygen atoms in total. The fourth-order valence-electron chi connectivity index (χ4n) is 1.29. The van der Waals surface area contributed by atoms with Crippen LogP contribution in [0.2, 0.25) is 0 Å². The van der Waals surface area contributed by atoms with Crippen LogP contribution in [0, 0.1) is 6.92 Å². The van der Waals surface area contributed by atoms with Crippen molar-refractivity contribution in [1.29, 1.82) is 0 Å². The van der Waals surface area contributed by atoms with E-state index in [0.29, 0.717) is 6.42 Å². The lowest BCUT2D eigenvalue weighted by Crippen LogP contribution is -2.50. The maximum atomic E-state index is 11.8. The van der Waals surface area contributed by atoms with Gasteiger partial charge in [0.25, 0.3) is 0 Å². The van der Waals surface area contributed by atoms with Gasteiger partial charge in [-0.25, -0.2) is 0 Å². The lowest BCUT2D eigenvalue weighted by Gasteiger charge is -2.25. The van der Waals surface area contributed by atoms with Gasteiger partial charge in [-0.1, -0.05) is 17.7 Å². The van der Waals surface area contributed by atoms with Crippen LogP contribution in [0.1, 0.15) is 12.0 Å². The number of carbonyl (C=O) groups excluding carboxylic acids is 1. The molecule has 2 unspecified atom stereocenters. The molecule has 1 N–H and O–H groups in total. The van der Waals surface area contributed by atoms with Gasteiger partial charge in [0.1, 0.15) is 5.37 Å². The molecular formula is C10H11NO2S. The van der Waals surface area contributed by atoms with Crippen LogP contribution in [0.15, 0.2) is 29.2 Å². The molecule has 1 amide bonds. The number of rotatable bonds is 2. The summed E-state index contributed by atoms with van der Waals surface area (Å²) in [5.74, 6) is -0.0181. The average Bonchev–Trinajstić information content (AvgIpc) is 2.13. The first kappa shape index (κ1) is 9.40. The molecule has 14 heavy (non-hydrogen) atoms. The SMILES string of the molecule is Cc1ccc(S(=O)C2CC(=O)N2)cc1. The predicted molar refractivity (Wildman–Crippen MR) is 54.1 cm³/mol. The Bertz CT molecular complexity index is 378. The minimum Gasteiger partial charge on any atom is -0.341 e. The largest absolute Gasteiger partial charge is 0.341 e. The molecule has 1 aliphatic heterocycles. The second kappa shape index (κ2) is 3.53. The number of aryl methyl sites for hydroxylation is 1. The Morgan fingerprint density at radius 1 is 1.36 bits per heavy atom. The van der Waals surface area contributed by atoms with Crippen molar-refractivity contribution in [2.24, 2.45) is 0 Å². The van der Waals surface area contributed by atoms with Gasteiger partial charge in [-0.2, -0.15) is 0 Å². The lowest BCUT2D eigenvalue weighted by molar-refractivity contribution is -0.126. The zero-order valence-electron chi connectivity index (χ0n) is 7.82. The molecule has 0 saturated carbocycles. The number of hydrogen-bond acceptors (Lipinski definition) is 2. The van der Waals surface area contributed by atoms with E-state index in [1.807, 2.05) is 31.2 Å². The summed E-state index contributed by atoms with van der Waals surface area (Å²) in [4.78, 5) is 11.4. The van der Waals surface area contributed by atoms with Crippen LogP contribution in [-0.4, -0.2) is 15.5 Å². The standard InChI is InChI=1S/C10H11NO2S/c1-7-2-4-8(5-3-7)14(13)10-6-9(12)11-10/h2-5,10H,6H2,1H3,(H,11,12). The van der Waals surface area contributed by atoms with Crippen LogP contribution in [-0.2, 0) is 15.6 Å². The number of hydrogen-bond donors (Lipinski definition) is 1. The number of nitrogens with one attached hydrogen (secondary N) is 1. The van der Waals surface area contributed by atoms with Crippen LogP contribution in [0.25, 0.3) is 0 Å². The smallest absolute Gasteiger partial charge is 0.224 e. The first-order chi connectivity index (χ1) is 6.66. The molecule has 1 heterocycles. The van der Waals surface area contributed by atoms with Crippen molar-refractivity contribution in [2.45, 2.75) is 23.6 Å². The van der Waals surface area contributed by atoms with Crippen molar-refractivity contribution < 1.29 is 9.00 Å². The molecule has 0 radical (unpaired) electrons. The minimum absolute atomic E-state index is 0.0181. The molecule has 4 heteroatoms. The fourth-order valence-corrected chi connectivity index (χ4v) is 2.57. The summed E-state index contributed by atoms with van der Waals surface area (Å²) in [5, 5.41) is 2.43. The van der Waals surface area contributed by atoms with E-state index in [9.17, 15) is 9.00 Å². The minimum atomic E-state index is -1.10. The maximum absolute atomic E-state index is 11.8. The topological polar surface area (TPSA) is 46.2 Å². The Kier molecular flexibility index (Phi) is 2.37. The molecule has 0 aromatic heterocycles. The lowest BCUT2D eigenvalue weighted by atomic mass is 10.2. The van der Waals surface area contributed by atoms with E-state index < -0.39 is 10.8 Å². The monoisotopic (exact) mass is 209 g/mol. The zero-order valence-corrected chi connectivity index (χ0v) is 8.64. The highest BCUT2D eigenvalue weighted by atomic mass is 32.2. The van der Waals surface area contributed by atoms with Gasteiger partial charge < -0.3 is 5.32 Å². The predicted octanol–water partition coefficient (Wildman–Crippen LogP) is 0.949. The second-order valence-corrected chi connectivity index (χ2v) is 5.01. The first-order valence-electron chi connectivity index (χ1n) is 4.43. The molecule has 2 rings (SSSR count). The molecule has 0 bridgehead atoms. The molecule has 0 aliphatic carbocycles. The summed E-state index contributed by atoms with van der Waals surface area (Å²) < 4.78 is 11.8. The third kappa shape index (κ3) is 1.70. The van der Waals surface area contributed by atoms with Gasteiger partial charge >= 0.3 is 0 Å². The van der Waals surface area contributed by atoms with Gasteiger partial charge in [0.05, 0.1) is 17.2 Å². The van der Waals surface area contributed by atoms with Crippen molar-refractivity contribution in [1.82, 2.24) is 5.32 Å². The molecule has 1 aliphatic rings. The number of β-lactam (4-membered cyclic amide) rings is 1. The van der Waals surface area contributed by atoms with Gasteiger partial charge in [0.15, 0.2) is 0 Å². The van der Waals surface area contributed by atoms with E-state index >= 15 is 0 Å². The molecule has 2 atom stereocenters. The molecule has 1 fully saturated rings. The summed E-state index contributed by atoms with van der Waals surface area (Å²) >= 11 is 0. The van der Waals surface area contributed by atoms with Gasteiger partial charge in [-0.05, 0) is 19.1 Å². The quantitative estimate of drug-likeness (QED) is 0.737. The van der Waals surface area contributed by atoms with E-state index in [1.165, 1.54) is 0 Å². The van der Waals surface area contributed by atoms with Gasteiger partial charge in [0, 0.05) is 4.90 Å². The second-order valence-electron chi connectivity index (χ2n) is 3.37. The summed E-state index contributed by atoms with van der Waals surface area (Å²) in [5.41, 5.74) is 1.14. The van der Waals surface area contributed by atoms with E-state index in [-0.39, 0.29) is 11.3 Å². The van der Waals surface area contributed by atoms with Crippen LogP contribution < -0.4 is 5.32 Å². The number of benzene rings is 1. The van der Waals surface area contributed by atoms with Crippen molar-refractivity contribution in [2.75, 3.05) is 0 Å². The van der Waals surface area contributed by atoms with Crippen molar-refractivity contribution in [3.63, 3.8) is 0 Å². The summed E-state index contributed by atoms with van der Waals surface area (Å²) in [7, 11) is -1.10. The fraction of sp³-hybridized carbons (Fsp3) is 0.300. The maximum Gasteiger partial charge on any atom is 0.224 e. The normalized spacial score (nSPS) is 22.4. The highest BCUT2D eigenvalue weighted by molar-refractivity contribution is 7.85. The Morgan fingerprint density at radius 3 is 2.43 bits per heavy atom. The van der Waals surface area contributed by atoms with Crippen LogP contribution in [0.3, 0.4) is 0 Å². The first-order valence-corrected chi connectivity index (χ1v) is 5.65. The number of carbonyl (C=O) groups is 1. The molecule has 1 aromatic carbocycles. The van der Waals surface area contributed by atoms with Crippen LogP contribution >= 0.6 is 0 Å². The Hall–Kier alpha value is -1.16. The molecular weight excluding hydrogens is 198 g/mol. The highest BCUT2D eigenvalue weighted by Gasteiger charge is 2.31. The van der Waals surface area contributed by atoms with Crippen molar-refractivity contribution >= 4 is 16.7 Å². The van der Waals surface area contributed by atoms with E-state index in [1.54, 1.807) is 0 Å². The van der Waals surface area contributed by atoms with Crippen molar-refractivity contribution in [3.8, 4) is 0 Å². The Balaban J connectivity index is 2.12. The molecule has 74 valence electrons. The van der Waals surface area contributed by atoms with E-state index in [2.05, 4.69) is 5.32 Å². The van der Waals surface area contributed by atoms with Gasteiger partial charge in [-0.3, -0.25) is 9.00 Å². The summed E-state index contributed by atoms with van der Waals surface area (Å²) in [6.45, 7) is 1.98. The van der Waals surface area contributed by atoms with Gasteiger partial charge in [-0.15, -0.1) is 0 Å². The summed E-state index contributed by atoms with van der Waals surface area (Å²) in [6.07, 6.45) is 0.375. The summed E-state index contributed by atoms with van der Waals surface area (Å²) in [6, 6.07) is 7.54. The molecule has 1 saturated heterocycles. The molecule has 0 spiro atoms. The zero-order chi connectivity index (χ0) is 10.1. The number of amides is 1. The highest BCUT2D eigenvalue weighted by Crippen LogP contribution is 2.17. The van der Waals surface area contributed by atoms with E-state index in [0.717, 1.165) is 10.5 Å². The van der Waals surface area contributed by atoms with Crippen molar-refractivity contribution in [3.05, 3.63) is 29.8 Å². The third-order valence-electron chi connectivity index (χ3n) is 2.20. The van der Waals surface area contributed by atoms with Gasteiger partial charge in [0.2, 0.25) is 5.91 Å². The Morgan fingerprint density at radius 2 is 1.93 bits per heavy atom. The molecule has 1 aromatic rings. The third-order valence-corrected chi connectivity index (χ3v) is 3.74. The van der Waals surface area contributed by atoms with Crippen LogP contribution in [0.4, 0.5) is 0 Å². The Labute approximate surface area is 85.0 Å². The van der Waals surface area contributed by atoms with E-state index in [4.69, 9.17) is 0 Å². The van der Waals surface area contributed by atoms with Crippen LogP contribution in [0.5, 0.6) is 0 Å². The average molecular weight is 209 g/mol.